The second kappa shape index (κ2) is 9.28. The SMILES string of the molecule is CSc1ncccc1C(=O)OCC(=O)Nc1ccc(-c2nc3ccc(C)cc3s2)cc1. The van der Waals surface area contributed by atoms with Crippen molar-refractivity contribution in [1.29, 1.82) is 0 Å². The zero-order chi connectivity index (χ0) is 21.8. The predicted octanol–water partition coefficient (Wildman–Crippen LogP) is 5.18. The van der Waals surface area contributed by atoms with Crippen LogP contribution in [0.3, 0.4) is 0 Å². The number of hydrogen-bond acceptors (Lipinski definition) is 7. The Morgan fingerprint density at radius 3 is 2.71 bits per heavy atom. The van der Waals surface area contributed by atoms with Gasteiger partial charge in [-0.25, -0.2) is 14.8 Å². The fourth-order valence-electron chi connectivity index (χ4n) is 2.97. The van der Waals surface area contributed by atoms with E-state index < -0.39 is 11.9 Å². The van der Waals surface area contributed by atoms with Crippen molar-refractivity contribution in [2.24, 2.45) is 0 Å². The van der Waals surface area contributed by atoms with Gasteiger partial charge in [0.25, 0.3) is 5.91 Å². The van der Waals surface area contributed by atoms with E-state index in [1.165, 1.54) is 17.3 Å². The van der Waals surface area contributed by atoms with Crippen molar-refractivity contribution in [3.63, 3.8) is 0 Å². The number of aryl methyl sites for hydroxylation is 1. The minimum Gasteiger partial charge on any atom is -0.452 e. The summed E-state index contributed by atoms with van der Waals surface area (Å²) in [5.74, 6) is -0.986. The van der Waals surface area contributed by atoms with Gasteiger partial charge in [-0.05, 0) is 67.3 Å². The van der Waals surface area contributed by atoms with E-state index in [2.05, 4.69) is 28.3 Å². The third kappa shape index (κ3) is 4.92. The van der Waals surface area contributed by atoms with Crippen LogP contribution >= 0.6 is 23.1 Å². The number of hydrogen-bond donors (Lipinski definition) is 1. The van der Waals surface area contributed by atoms with Gasteiger partial charge in [-0.1, -0.05) is 6.07 Å². The van der Waals surface area contributed by atoms with E-state index in [1.54, 1.807) is 41.8 Å². The maximum Gasteiger partial charge on any atom is 0.341 e. The quantitative estimate of drug-likeness (QED) is 0.322. The lowest BCUT2D eigenvalue weighted by Gasteiger charge is -2.08. The molecule has 0 aliphatic rings. The third-order valence-electron chi connectivity index (χ3n) is 4.48. The smallest absolute Gasteiger partial charge is 0.341 e. The van der Waals surface area contributed by atoms with E-state index in [9.17, 15) is 9.59 Å². The predicted molar refractivity (Wildman–Crippen MR) is 125 cm³/mol. The number of amides is 1. The number of rotatable bonds is 6. The summed E-state index contributed by atoms with van der Waals surface area (Å²) in [6.45, 7) is 1.69. The first-order valence-electron chi connectivity index (χ1n) is 9.47. The Kier molecular flexibility index (Phi) is 6.29. The fourth-order valence-corrected chi connectivity index (χ4v) is 4.57. The van der Waals surface area contributed by atoms with Gasteiger partial charge in [0.1, 0.15) is 10.0 Å². The molecule has 1 amide bonds. The maximum absolute atomic E-state index is 12.2. The first-order valence-corrected chi connectivity index (χ1v) is 11.5. The van der Waals surface area contributed by atoms with Crippen molar-refractivity contribution in [2.45, 2.75) is 11.9 Å². The van der Waals surface area contributed by atoms with Crippen molar-refractivity contribution >= 4 is 50.9 Å². The van der Waals surface area contributed by atoms with Gasteiger partial charge in [0, 0.05) is 17.4 Å². The van der Waals surface area contributed by atoms with Gasteiger partial charge in [-0.2, -0.15) is 0 Å². The molecular weight excluding hydrogens is 430 g/mol. The zero-order valence-electron chi connectivity index (χ0n) is 16.9. The number of aromatic nitrogens is 2. The topological polar surface area (TPSA) is 81.2 Å². The van der Waals surface area contributed by atoms with Crippen LogP contribution in [0.1, 0.15) is 15.9 Å². The van der Waals surface area contributed by atoms with Crippen LogP contribution in [0.5, 0.6) is 0 Å². The molecule has 0 bridgehead atoms. The number of nitrogens with one attached hydrogen (secondary N) is 1. The molecule has 31 heavy (non-hydrogen) atoms. The molecule has 2 aromatic heterocycles. The molecule has 6 nitrogen and oxygen atoms in total. The summed E-state index contributed by atoms with van der Waals surface area (Å²) in [6.07, 6.45) is 3.43. The lowest BCUT2D eigenvalue weighted by atomic mass is 10.2. The highest BCUT2D eigenvalue weighted by Gasteiger charge is 2.15. The van der Waals surface area contributed by atoms with Crippen LogP contribution in [0.4, 0.5) is 5.69 Å². The monoisotopic (exact) mass is 449 g/mol. The first-order chi connectivity index (χ1) is 15.0. The highest BCUT2D eigenvalue weighted by molar-refractivity contribution is 7.98. The number of anilines is 1. The van der Waals surface area contributed by atoms with Crippen molar-refractivity contribution in [1.82, 2.24) is 9.97 Å². The molecule has 8 heteroatoms. The molecule has 156 valence electrons. The average molecular weight is 450 g/mol. The molecule has 4 rings (SSSR count). The summed E-state index contributed by atoms with van der Waals surface area (Å²) in [5.41, 5.74) is 4.12. The number of carbonyl (C=O) groups excluding carboxylic acids is 2. The molecule has 0 saturated heterocycles. The van der Waals surface area contributed by atoms with Crippen molar-refractivity contribution in [3.8, 4) is 10.6 Å². The number of benzene rings is 2. The standard InChI is InChI=1S/C23H19N3O3S2/c1-14-5-10-18-19(12-14)31-21(26-18)15-6-8-16(9-7-15)25-20(27)13-29-23(28)17-4-3-11-24-22(17)30-2/h3-12H,13H2,1-2H3,(H,25,27). The molecule has 0 fully saturated rings. The van der Waals surface area contributed by atoms with Crippen LogP contribution in [0.2, 0.25) is 0 Å². The normalized spacial score (nSPS) is 10.8. The molecule has 0 atom stereocenters. The summed E-state index contributed by atoms with van der Waals surface area (Å²) >= 11 is 2.98. The van der Waals surface area contributed by atoms with E-state index in [0.717, 1.165) is 20.8 Å². The van der Waals surface area contributed by atoms with Gasteiger partial charge in [-0.3, -0.25) is 4.79 Å². The number of fused-ring (bicyclic) bond motifs is 1. The van der Waals surface area contributed by atoms with E-state index >= 15 is 0 Å². The molecular formula is C23H19N3O3S2. The largest absolute Gasteiger partial charge is 0.452 e. The second-order valence-electron chi connectivity index (χ2n) is 6.75. The van der Waals surface area contributed by atoms with Crippen molar-refractivity contribution in [2.75, 3.05) is 18.2 Å². The number of ether oxygens (including phenoxy) is 1. The Labute approximate surface area is 187 Å². The highest BCUT2D eigenvalue weighted by atomic mass is 32.2. The molecule has 4 aromatic rings. The van der Waals surface area contributed by atoms with E-state index in [4.69, 9.17) is 4.74 Å². The van der Waals surface area contributed by atoms with Gasteiger partial charge in [0.15, 0.2) is 6.61 Å². The number of pyridine rings is 1. The fraction of sp³-hybridized carbons (Fsp3) is 0.130. The van der Waals surface area contributed by atoms with Gasteiger partial charge >= 0.3 is 5.97 Å². The average Bonchev–Trinajstić information content (AvgIpc) is 3.21. The molecule has 1 N–H and O–H groups in total. The maximum atomic E-state index is 12.2. The van der Waals surface area contributed by atoms with Gasteiger partial charge in [0.05, 0.1) is 15.8 Å². The van der Waals surface area contributed by atoms with Crippen LogP contribution in [0.15, 0.2) is 65.8 Å². The third-order valence-corrected chi connectivity index (χ3v) is 6.26. The van der Waals surface area contributed by atoms with Crippen molar-refractivity contribution < 1.29 is 14.3 Å². The number of thioether (sulfide) groups is 1. The second-order valence-corrected chi connectivity index (χ2v) is 8.58. The number of esters is 1. The van der Waals surface area contributed by atoms with Crippen LogP contribution in [-0.2, 0) is 9.53 Å². The summed E-state index contributed by atoms with van der Waals surface area (Å²) in [7, 11) is 0. The minimum absolute atomic E-state index is 0.346. The summed E-state index contributed by atoms with van der Waals surface area (Å²) < 4.78 is 6.27. The Bertz CT molecular complexity index is 1250. The van der Waals surface area contributed by atoms with E-state index in [1.807, 2.05) is 30.5 Å². The highest BCUT2D eigenvalue weighted by Crippen LogP contribution is 2.31. The van der Waals surface area contributed by atoms with Crippen LogP contribution in [0, 0.1) is 6.92 Å². The summed E-state index contributed by atoms with van der Waals surface area (Å²) in [5, 5.41) is 4.22. The zero-order valence-corrected chi connectivity index (χ0v) is 18.5. The number of carbonyl (C=O) groups is 2. The van der Waals surface area contributed by atoms with E-state index in [0.29, 0.717) is 16.3 Å². The molecule has 0 spiro atoms. The Morgan fingerprint density at radius 1 is 1.13 bits per heavy atom. The van der Waals surface area contributed by atoms with Crippen LogP contribution in [0.25, 0.3) is 20.8 Å². The summed E-state index contributed by atoms with van der Waals surface area (Å²) in [6, 6.07) is 16.9. The lowest BCUT2D eigenvalue weighted by molar-refractivity contribution is -0.119. The van der Waals surface area contributed by atoms with Gasteiger partial charge in [0.2, 0.25) is 0 Å². The molecule has 2 aromatic carbocycles. The molecule has 2 heterocycles. The van der Waals surface area contributed by atoms with Crippen molar-refractivity contribution in [3.05, 3.63) is 71.9 Å². The summed E-state index contributed by atoms with van der Waals surface area (Å²) in [4.78, 5) is 33.2. The molecule has 0 radical (unpaired) electrons. The van der Waals surface area contributed by atoms with Gasteiger partial charge < -0.3 is 10.1 Å². The number of nitrogens with zero attached hydrogens (tertiary/aromatic N) is 2. The van der Waals surface area contributed by atoms with Crippen LogP contribution in [-0.4, -0.2) is 34.7 Å². The molecule has 0 aliphatic heterocycles. The lowest BCUT2D eigenvalue weighted by Crippen LogP contribution is -2.21. The Balaban J connectivity index is 1.37. The molecule has 0 saturated carbocycles. The molecule has 0 unspecified atom stereocenters. The Morgan fingerprint density at radius 2 is 1.94 bits per heavy atom. The molecule has 0 aliphatic carbocycles. The minimum atomic E-state index is -0.575. The van der Waals surface area contributed by atoms with Gasteiger partial charge in [-0.15, -0.1) is 23.1 Å². The Hall–Kier alpha value is -3.23. The first kappa shape index (κ1) is 21.0. The number of thiazole rings is 1. The van der Waals surface area contributed by atoms with Crippen LogP contribution < -0.4 is 5.32 Å². The van der Waals surface area contributed by atoms with E-state index in [-0.39, 0.29) is 6.61 Å².